The number of benzene rings is 1. The molecule has 3 heteroatoms. The number of rotatable bonds is 6. The quantitative estimate of drug-likeness (QED) is 0.746. The monoisotopic (exact) mass is 353 g/mol. The van der Waals surface area contributed by atoms with E-state index in [-0.39, 0.29) is 0 Å². The van der Waals surface area contributed by atoms with Crippen molar-refractivity contribution >= 4 is 15.9 Å². The van der Waals surface area contributed by atoms with E-state index in [1.807, 2.05) is 6.07 Å². The third-order valence-corrected chi connectivity index (χ3v) is 5.60. The fourth-order valence-corrected chi connectivity index (χ4v) is 4.27. The van der Waals surface area contributed by atoms with Crippen molar-refractivity contribution in [3.8, 4) is 5.75 Å². The topological polar surface area (TPSA) is 21.3 Å². The second kappa shape index (κ2) is 8.19. The van der Waals surface area contributed by atoms with E-state index >= 15 is 0 Å². The predicted molar refractivity (Wildman–Crippen MR) is 92.9 cm³/mol. The lowest BCUT2D eigenvalue weighted by atomic mass is 9.72. The van der Waals surface area contributed by atoms with E-state index in [4.69, 9.17) is 4.74 Å². The van der Waals surface area contributed by atoms with E-state index in [9.17, 15) is 0 Å². The first kappa shape index (κ1) is 16.8. The van der Waals surface area contributed by atoms with Crippen molar-refractivity contribution in [1.82, 2.24) is 5.32 Å². The number of hydrogen-bond acceptors (Lipinski definition) is 2. The van der Waals surface area contributed by atoms with Crippen molar-refractivity contribution in [3.63, 3.8) is 0 Å². The molecule has 1 aromatic carbocycles. The summed E-state index contributed by atoms with van der Waals surface area (Å²) in [6, 6.07) is 6.75. The minimum absolute atomic E-state index is 0.421. The van der Waals surface area contributed by atoms with Crippen LogP contribution in [0.5, 0.6) is 5.75 Å². The Morgan fingerprint density at radius 2 is 2.05 bits per heavy atom. The highest BCUT2D eigenvalue weighted by atomic mass is 79.9. The number of methoxy groups -OCH3 is 1. The Kier molecular flexibility index (Phi) is 6.56. The summed E-state index contributed by atoms with van der Waals surface area (Å²) >= 11 is 3.74. The van der Waals surface area contributed by atoms with Gasteiger partial charge in [0.05, 0.1) is 7.11 Å². The van der Waals surface area contributed by atoms with Gasteiger partial charge < -0.3 is 10.1 Å². The molecule has 21 heavy (non-hydrogen) atoms. The molecule has 0 radical (unpaired) electrons. The molecule has 1 aliphatic carbocycles. The smallest absolute Gasteiger partial charge is 0.119 e. The molecule has 0 amide bonds. The summed E-state index contributed by atoms with van der Waals surface area (Å²) < 4.78 is 6.62. The molecule has 1 N–H and O–H groups in total. The highest BCUT2D eigenvalue weighted by Gasteiger charge is 2.32. The van der Waals surface area contributed by atoms with Crippen LogP contribution in [0, 0.1) is 11.8 Å². The average molecular weight is 354 g/mol. The van der Waals surface area contributed by atoms with Gasteiger partial charge in [-0.1, -0.05) is 55.5 Å². The molecule has 2 nitrogen and oxygen atoms in total. The van der Waals surface area contributed by atoms with Gasteiger partial charge in [-0.25, -0.2) is 0 Å². The Balaban J connectivity index is 2.33. The normalized spacial score (nSPS) is 23.8. The number of nitrogens with one attached hydrogen (secondary N) is 1. The summed E-state index contributed by atoms with van der Waals surface area (Å²) in [6.07, 6.45) is 6.76. The lowest BCUT2D eigenvalue weighted by molar-refractivity contribution is 0.176. The van der Waals surface area contributed by atoms with Gasteiger partial charge in [-0.05, 0) is 48.6 Å². The zero-order valence-corrected chi connectivity index (χ0v) is 15.1. The van der Waals surface area contributed by atoms with E-state index < -0.39 is 0 Å². The van der Waals surface area contributed by atoms with Crippen molar-refractivity contribution in [3.05, 3.63) is 28.2 Å². The van der Waals surface area contributed by atoms with Crippen LogP contribution in [0.1, 0.15) is 57.6 Å². The molecule has 3 atom stereocenters. The van der Waals surface area contributed by atoms with Gasteiger partial charge in [-0.3, -0.25) is 0 Å². The number of hydrogen-bond donors (Lipinski definition) is 1. The highest BCUT2D eigenvalue weighted by molar-refractivity contribution is 9.10. The van der Waals surface area contributed by atoms with Crippen molar-refractivity contribution in [2.45, 2.75) is 52.0 Å². The molecule has 0 bridgehead atoms. The minimum Gasteiger partial charge on any atom is -0.497 e. The largest absolute Gasteiger partial charge is 0.497 e. The lowest BCUT2D eigenvalue weighted by Crippen LogP contribution is -2.34. The summed E-state index contributed by atoms with van der Waals surface area (Å²) in [5, 5.41) is 3.74. The van der Waals surface area contributed by atoms with Crippen LogP contribution in [0.15, 0.2) is 22.7 Å². The molecule has 0 spiro atoms. The first-order valence-electron chi connectivity index (χ1n) is 8.28. The zero-order chi connectivity index (χ0) is 15.2. The van der Waals surface area contributed by atoms with E-state index in [1.54, 1.807) is 7.11 Å². The highest BCUT2D eigenvalue weighted by Crippen LogP contribution is 2.42. The second-order valence-electron chi connectivity index (χ2n) is 6.04. The third kappa shape index (κ3) is 4.01. The third-order valence-electron chi connectivity index (χ3n) is 4.88. The van der Waals surface area contributed by atoms with Gasteiger partial charge in [0.25, 0.3) is 0 Å². The van der Waals surface area contributed by atoms with Crippen molar-refractivity contribution < 1.29 is 4.74 Å². The fraction of sp³-hybridized carbons (Fsp3) is 0.667. The Labute approximate surface area is 137 Å². The number of ether oxygens (including phenoxy) is 1. The minimum atomic E-state index is 0.421. The van der Waals surface area contributed by atoms with Crippen LogP contribution in [0.25, 0.3) is 0 Å². The Morgan fingerprint density at radius 3 is 2.71 bits per heavy atom. The zero-order valence-electron chi connectivity index (χ0n) is 13.5. The van der Waals surface area contributed by atoms with Crippen LogP contribution in [0.3, 0.4) is 0 Å². The van der Waals surface area contributed by atoms with Crippen LogP contribution in [-0.2, 0) is 0 Å². The second-order valence-corrected chi connectivity index (χ2v) is 6.89. The Hall–Kier alpha value is -0.540. The molecule has 1 saturated carbocycles. The summed E-state index contributed by atoms with van der Waals surface area (Å²) in [7, 11) is 1.74. The van der Waals surface area contributed by atoms with Gasteiger partial charge in [0.15, 0.2) is 0 Å². The molecule has 1 aromatic rings. The molecular weight excluding hydrogens is 326 g/mol. The molecule has 3 unspecified atom stereocenters. The molecule has 2 rings (SSSR count). The Morgan fingerprint density at radius 1 is 1.29 bits per heavy atom. The van der Waals surface area contributed by atoms with E-state index in [0.29, 0.717) is 6.04 Å². The van der Waals surface area contributed by atoms with Crippen LogP contribution < -0.4 is 10.1 Å². The van der Waals surface area contributed by atoms with Gasteiger partial charge in [-0.15, -0.1) is 0 Å². The Bertz CT molecular complexity index is 449. The van der Waals surface area contributed by atoms with Crippen LogP contribution >= 0.6 is 15.9 Å². The maximum atomic E-state index is 5.43. The summed E-state index contributed by atoms with van der Waals surface area (Å²) in [5.41, 5.74) is 1.35. The fourth-order valence-electron chi connectivity index (χ4n) is 3.78. The van der Waals surface area contributed by atoms with Gasteiger partial charge in [0, 0.05) is 10.5 Å². The summed E-state index contributed by atoms with van der Waals surface area (Å²) in [6.45, 7) is 5.54. The van der Waals surface area contributed by atoms with Gasteiger partial charge >= 0.3 is 0 Å². The summed E-state index contributed by atoms with van der Waals surface area (Å²) in [5.74, 6) is 2.51. The van der Waals surface area contributed by atoms with Crippen LogP contribution in [0.2, 0.25) is 0 Å². The molecule has 118 valence electrons. The predicted octanol–water partition coefficient (Wildman–Crippen LogP) is 5.32. The van der Waals surface area contributed by atoms with Crippen molar-refractivity contribution in [1.29, 1.82) is 0 Å². The molecule has 1 aliphatic rings. The first-order chi connectivity index (χ1) is 10.2. The van der Waals surface area contributed by atoms with Gasteiger partial charge in [-0.2, -0.15) is 0 Å². The van der Waals surface area contributed by atoms with E-state index in [0.717, 1.165) is 24.1 Å². The van der Waals surface area contributed by atoms with Crippen molar-refractivity contribution in [2.24, 2.45) is 11.8 Å². The van der Waals surface area contributed by atoms with Gasteiger partial charge in [0.2, 0.25) is 0 Å². The lowest BCUT2D eigenvalue weighted by Gasteiger charge is -2.38. The molecule has 0 aliphatic heterocycles. The standard InChI is InChI=1S/C18H28BrNO/c1-4-13-8-6-7-9-15(13)18(20-5-2)16-12-14(21-3)10-11-17(16)19/h10-13,15,18,20H,4-9H2,1-3H3. The maximum Gasteiger partial charge on any atom is 0.119 e. The molecule has 0 saturated heterocycles. The average Bonchev–Trinajstić information content (AvgIpc) is 2.53. The maximum absolute atomic E-state index is 5.43. The SMILES string of the molecule is CCNC(c1cc(OC)ccc1Br)C1CCCCC1CC. The van der Waals surface area contributed by atoms with Crippen LogP contribution in [-0.4, -0.2) is 13.7 Å². The van der Waals surface area contributed by atoms with Crippen molar-refractivity contribution in [2.75, 3.05) is 13.7 Å². The molecular formula is C18H28BrNO. The summed E-state index contributed by atoms with van der Waals surface area (Å²) in [4.78, 5) is 0. The van der Waals surface area contributed by atoms with Gasteiger partial charge in [0.1, 0.15) is 5.75 Å². The molecule has 0 aromatic heterocycles. The number of halogens is 1. The first-order valence-corrected chi connectivity index (χ1v) is 9.07. The van der Waals surface area contributed by atoms with Crippen LogP contribution in [0.4, 0.5) is 0 Å². The molecule has 1 fully saturated rings. The molecule has 0 heterocycles. The van der Waals surface area contributed by atoms with E-state index in [2.05, 4.69) is 47.2 Å². The van der Waals surface area contributed by atoms with E-state index in [1.165, 1.54) is 42.1 Å².